The fourth-order valence-electron chi connectivity index (χ4n) is 4.11. The summed E-state index contributed by atoms with van der Waals surface area (Å²) in [4.78, 5) is 29.7. The van der Waals surface area contributed by atoms with Crippen molar-refractivity contribution in [1.82, 2.24) is 20.0 Å². The molecule has 2 heterocycles. The van der Waals surface area contributed by atoms with Gasteiger partial charge in [-0.2, -0.15) is 5.10 Å². The maximum atomic E-state index is 13.5. The van der Waals surface area contributed by atoms with Gasteiger partial charge in [0.15, 0.2) is 0 Å². The molecule has 1 aliphatic heterocycles. The summed E-state index contributed by atoms with van der Waals surface area (Å²) in [5.74, 6) is -0.329. The molecule has 1 aromatic heterocycles. The van der Waals surface area contributed by atoms with Crippen LogP contribution in [-0.2, 0) is 29.0 Å². The van der Waals surface area contributed by atoms with Crippen LogP contribution in [-0.4, -0.2) is 50.0 Å². The number of halogens is 1. The van der Waals surface area contributed by atoms with E-state index in [2.05, 4.69) is 16.3 Å². The van der Waals surface area contributed by atoms with E-state index >= 15 is 0 Å². The Morgan fingerprint density at radius 2 is 1.79 bits per heavy atom. The van der Waals surface area contributed by atoms with Gasteiger partial charge in [0.2, 0.25) is 11.8 Å². The number of aromatic amines is 1. The molecule has 0 saturated carbocycles. The number of nitrogens with zero attached hydrogens (tertiary/aromatic N) is 3. The minimum absolute atomic E-state index is 0.0181. The average molecular weight is 479 g/mol. The summed E-state index contributed by atoms with van der Waals surface area (Å²) in [5.41, 5.74) is 5.13. The quantitative estimate of drug-likeness (QED) is 0.513. The minimum atomic E-state index is -0.213. The van der Waals surface area contributed by atoms with Crippen LogP contribution in [0.25, 0.3) is 0 Å². The Labute approximate surface area is 203 Å². The first-order valence-electron chi connectivity index (χ1n) is 11.1. The highest BCUT2D eigenvalue weighted by atomic mass is 35.5. The standard InChI is InChI=1S/C26H27ClN4O3/c1-17-11-18(2)13-20(12-17)14-25(33)31-10-8-23(31)26(34)30(9-7-22-15-24(32)29-28-22)16-19-3-5-21(27)6-4-19/h3-6,8,11-13,15H,7,9-10,14,16H2,1-2H3,(H2,28,29,32). The Bertz CT molecular complexity index is 1210. The lowest BCUT2D eigenvalue weighted by molar-refractivity contribution is -0.137. The van der Waals surface area contributed by atoms with E-state index in [0.29, 0.717) is 42.5 Å². The molecule has 176 valence electrons. The monoisotopic (exact) mass is 478 g/mol. The molecule has 0 unspecified atom stereocenters. The summed E-state index contributed by atoms with van der Waals surface area (Å²) >= 11 is 6.01. The second-order valence-electron chi connectivity index (χ2n) is 8.61. The Morgan fingerprint density at radius 1 is 1.09 bits per heavy atom. The van der Waals surface area contributed by atoms with Crippen molar-refractivity contribution >= 4 is 23.4 Å². The maximum Gasteiger partial charge on any atom is 0.270 e. The number of H-pyrrole nitrogens is 1. The van der Waals surface area contributed by atoms with Crippen LogP contribution in [0.5, 0.6) is 5.88 Å². The fourth-order valence-corrected chi connectivity index (χ4v) is 4.23. The van der Waals surface area contributed by atoms with Crippen molar-refractivity contribution in [1.29, 1.82) is 0 Å². The molecule has 2 N–H and O–H groups in total. The predicted octanol–water partition coefficient (Wildman–Crippen LogP) is 3.93. The number of aryl methyl sites for hydroxylation is 2. The van der Waals surface area contributed by atoms with Crippen molar-refractivity contribution in [2.75, 3.05) is 13.1 Å². The highest BCUT2D eigenvalue weighted by molar-refractivity contribution is 6.30. The van der Waals surface area contributed by atoms with Crippen molar-refractivity contribution < 1.29 is 14.7 Å². The van der Waals surface area contributed by atoms with Crippen LogP contribution in [0.1, 0.15) is 27.9 Å². The highest BCUT2D eigenvalue weighted by Gasteiger charge is 2.32. The number of aromatic hydroxyl groups is 1. The third kappa shape index (κ3) is 5.66. The van der Waals surface area contributed by atoms with Crippen LogP contribution in [0, 0.1) is 13.8 Å². The number of aromatic nitrogens is 2. The zero-order valence-electron chi connectivity index (χ0n) is 19.2. The largest absolute Gasteiger partial charge is 0.494 e. The van der Waals surface area contributed by atoms with Crippen LogP contribution in [0.3, 0.4) is 0 Å². The van der Waals surface area contributed by atoms with E-state index < -0.39 is 0 Å². The summed E-state index contributed by atoms with van der Waals surface area (Å²) < 4.78 is 0. The lowest BCUT2D eigenvalue weighted by Crippen LogP contribution is -2.46. The van der Waals surface area contributed by atoms with Gasteiger partial charge in [0, 0.05) is 37.1 Å². The molecule has 2 amide bonds. The maximum absolute atomic E-state index is 13.5. The van der Waals surface area contributed by atoms with Crippen LogP contribution in [0.2, 0.25) is 5.02 Å². The van der Waals surface area contributed by atoms with E-state index in [1.54, 1.807) is 28.0 Å². The smallest absolute Gasteiger partial charge is 0.270 e. The molecule has 1 aliphatic rings. The van der Waals surface area contributed by atoms with E-state index in [1.807, 2.05) is 38.1 Å². The van der Waals surface area contributed by atoms with Gasteiger partial charge < -0.3 is 14.9 Å². The van der Waals surface area contributed by atoms with E-state index in [9.17, 15) is 14.7 Å². The Hall–Kier alpha value is -3.58. The second kappa shape index (κ2) is 10.1. The molecule has 0 aliphatic carbocycles. The van der Waals surface area contributed by atoms with Crippen LogP contribution in [0.15, 0.2) is 60.3 Å². The summed E-state index contributed by atoms with van der Waals surface area (Å²) in [6.45, 7) is 5.18. The molecule has 0 radical (unpaired) electrons. The molecule has 0 spiro atoms. The number of hydrogen-bond acceptors (Lipinski definition) is 4. The first-order valence-corrected chi connectivity index (χ1v) is 11.5. The van der Waals surface area contributed by atoms with Crippen molar-refractivity contribution in [3.8, 4) is 5.88 Å². The van der Waals surface area contributed by atoms with Crippen molar-refractivity contribution in [2.45, 2.75) is 33.2 Å². The molecule has 2 aromatic carbocycles. The lowest BCUT2D eigenvalue weighted by Gasteiger charge is -2.34. The topological polar surface area (TPSA) is 89.5 Å². The van der Waals surface area contributed by atoms with Gasteiger partial charge in [0.05, 0.1) is 12.1 Å². The average Bonchev–Trinajstić information content (AvgIpc) is 3.15. The van der Waals surface area contributed by atoms with Crippen LogP contribution >= 0.6 is 11.6 Å². The molecule has 8 heteroatoms. The third-order valence-corrected chi connectivity index (χ3v) is 6.00. The Morgan fingerprint density at radius 3 is 2.38 bits per heavy atom. The number of carbonyl (C=O) groups is 2. The van der Waals surface area contributed by atoms with Gasteiger partial charge in [-0.15, -0.1) is 0 Å². The zero-order chi connectivity index (χ0) is 24.2. The van der Waals surface area contributed by atoms with Crippen LogP contribution in [0.4, 0.5) is 0 Å². The molecule has 0 bridgehead atoms. The van der Waals surface area contributed by atoms with Gasteiger partial charge in [0.1, 0.15) is 5.70 Å². The molecule has 0 saturated heterocycles. The predicted molar refractivity (Wildman–Crippen MR) is 130 cm³/mol. The Balaban J connectivity index is 1.47. The molecule has 7 nitrogen and oxygen atoms in total. The van der Waals surface area contributed by atoms with Crippen molar-refractivity contribution in [3.05, 3.63) is 93.3 Å². The van der Waals surface area contributed by atoms with Gasteiger partial charge in [-0.1, -0.05) is 53.1 Å². The summed E-state index contributed by atoms with van der Waals surface area (Å²) in [6.07, 6.45) is 2.49. The van der Waals surface area contributed by atoms with Crippen LogP contribution < -0.4 is 0 Å². The van der Waals surface area contributed by atoms with Gasteiger partial charge in [-0.3, -0.25) is 9.59 Å². The molecular formula is C26H27ClN4O3. The van der Waals surface area contributed by atoms with E-state index in [1.165, 1.54) is 6.07 Å². The second-order valence-corrected chi connectivity index (χ2v) is 9.05. The molecule has 0 atom stereocenters. The van der Waals surface area contributed by atoms with Gasteiger partial charge in [0.25, 0.3) is 5.91 Å². The number of carbonyl (C=O) groups excluding carboxylic acids is 2. The number of nitrogens with one attached hydrogen (secondary N) is 1. The minimum Gasteiger partial charge on any atom is -0.494 e. The fraction of sp³-hybridized carbons (Fsp3) is 0.269. The summed E-state index contributed by atoms with van der Waals surface area (Å²) in [7, 11) is 0. The highest BCUT2D eigenvalue weighted by Crippen LogP contribution is 2.22. The first-order chi connectivity index (χ1) is 16.3. The Kier molecular flexibility index (Phi) is 7.03. The number of rotatable bonds is 8. The normalized spacial score (nSPS) is 12.8. The molecule has 3 aromatic rings. The first kappa shape index (κ1) is 23.6. The lowest BCUT2D eigenvalue weighted by atomic mass is 10.0. The number of benzene rings is 2. The SMILES string of the molecule is Cc1cc(C)cc(CC(=O)N2CC=C2C(=O)N(CCc2cc(O)[nH]n2)Cc2ccc(Cl)cc2)c1. The molecule has 4 rings (SSSR count). The van der Waals surface area contributed by atoms with E-state index in [0.717, 1.165) is 22.3 Å². The van der Waals surface area contributed by atoms with Crippen molar-refractivity contribution in [2.24, 2.45) is 0 Å². The number of amides is 2. The van der Waals surface area contributed by atoms with Gasteiger partial charge >= 0.3 is 0 Å². The summed E-state index contributed by atoms with van der Waals surface area (Å²) in [6, 6.07) is 14.9. The van der Waals surface area contributed by atoms with E-state index in [4.69, 9.17) is 11.6 Å². The summed E-state index contributed by atoms with van der Waals surface area (Å²) in [5, 5.41) is 16.7. The third-order valence-electron chi connectivity index (χ3n) is 5.74. The molecule has 0 fully saturated rings. The van der Waals surface area contributed by atoms with Gasteiger partial charge in [-0.25, -0.2) is 5.10 Å². The molecule has 34 heavy (non-hydrogen) atoms. The zero-order valence-corrected chi connectivity index (χ0v) is 20.0. The van der Waals surface area contributed by atoms with Gasteiger partial charge in [-0.05, 0) is 43.2 Å². The number of hydrogen-bond donors (Lipinski definition) is 2. The van der Waals surface area contributed by atoms with Crippen molar-refractivity contribution in [3.63, 3.8) is 0 Å². The molecular weight excluding hydrogens is 452 g/mol. The van der Waals surface area contributed by atoms with E-state index in [-0.39, 0.29) is 24.1 Å².